The van der Waals surface area contributed by atoms with Gasteiger partial charge in [-0.25, -0.2) is 0 Å². The number of fused-ring (bicyclic) bond motifs is 1. The summed E-state index contributed by atoms with van der Waals surface area (Å²) >= 11 is 0. The van der Waals surface area contributed by atoms with Crippen LogP contribution in [-0.2, 0) is 11.2 Å². The molecule has 144 valence electrons. The van der Waals surface area contributed by atoms with Crippen LogP contribution >= 0.6 is 24.0 Å². The summed E-state index contributed by atoms with van der Waals surface area (Å²) in [6.07, 6.45) is 3.65. The number of nitrogens with zero attached hydrogens (tertiary/aromatic N) is 4. The molecule has 2 heterocycles. The number of carbonyl (C=O) groups is 1. The summed E-state index contributed by atoms with van der Waals surface area (Å²) < 4.78 is 1.99. The molecular weight excluding hydrogens is 445 g/mol. The maximum atomic E-state index is 11.8. The minimum absolute atomic E-state index is 0. The number of aliphatic imine (C=N–C) groups is 1. The Morgan fingerprint density at radius 2 is 2.00 bits per heavy atom. The predicted molar refractivity (Wildman–Crippen MR) is 114 cm³/mol. The molecule has 9 heteroatoms. The molecule has 0 unspecified atom stereocenters. The standard InChI is InChI=1S/C17H27N7O.HI/c1-17(2,3)21-15(25)12-20-16(18-4)19-10-7-9-14-23-22-13-8-5-6-11-24(13)14;/h5-6,8,11H,7,9-10,12H2,1-4H3,(H,21,25)(H2,18,19,20);1H. The number of aromatic nitrogens is 3. The lowest BCUT2D eigenvalue weighted by atomic mass is 10.1. The van der Waals surface area contributed by atoms with Gasteiger partial charge in [-0.2, -0.15) is 0 Å². The highest BCUT2D eigenvalue weighted by atomic mass is 127. The van der Waals surface area contributed by atoms with Crippen molar-refractivity contribution in [1.29, 1.82) is 0 Å². The Morgan fingerprint density at radius 1 is 1.23 bits per heavy atom. The van der Waals surface area contributed by atoms with Gasteiger partial charge in [0.25, 0.3) is 0 Å². The van der Waals surface area contributed by atoms with Gasteiger partial charge in [-0.05, 0) is 39.3 Å². The van der Waals surface area contributed by atoms with E-state index in [-0.39, 0.29) is 42.0 Å². The molecule has 0 saturated heterocycles. The highest BCUT2D eigenvalue weighted by molar-refractivity contribution is 14.0. The quantitative estimate of drug-likeness (QED) is 0.255. The van der Waals surface area contributed by atoms with Gasteiger partial charge < -0.3 is 16.0 Å². The molecule has 0 aromatic carbocycles. The Labute approximate surface area is 171 Å². The lowest BCUT2D eigenvalue weighted by molar-refractivity contribution is -0.121. The lowest BCUT2D eigenvalue weighted by Crippen LogP contribution is -2.48. The molecule has 0 spiro atoms. The van der Waals surface area contributed by atoms with E-state index in [0.717, 1.165) is 30.9 Å². The molecule has 3 N–H and O–H groups in total. The van der Waals surface area contributed by atoms with Crippen molar-refractivity contribution >= 4 is 41.5 Å². The van der Waals surface area contributed by atoms with E-state index in [1.807, 2.05) is 49.6 Å². The van der Waals surface area contributed by atoms with E-state index in [0.29, 0.717) is 5.96 Å². The molecule has 1 amide bonds. The van der Waals surface area contributed by atoms with E-state index in [1.54, 1.807) is 7.05 Å². The third kappa shape index (κ3) is 7.14. The number of nitrogens with one attached hydrogen (secondary N) is 3. The molecule has 0 atom stereocenters. The fourth-order valence-electron chi connectivity index (χ4n) is 2.36. The Hall–Kier alpha value is -1.91. The van der Waals surface area contributed by atoms with Crippen LogP contribution in [0, 0.1) is 0 Å². The first-order valence-electron chi connectivity index (χ1n) is 8.43. The van der Waals surface area contributed by atoms with Crippen LogP contribution in [-0.4, -0.2) is 52.1 Å². The van der Waals surface area contributed by atoms with Gasteiger partial charge in [0.05, 0.1) is 6.54 Å². The van der Waals surface area contributed by atoms with Crippen molar-refractivity contribution in [3.63, 3.8) is 0 Å². The highest BCUT2D eigenvalue weighted by Gasteiger charge is 2.13. The summed E-state index contributed by atoms with van der Waals surface area (Å²) in [5, 5.41) is 17.5. The molecule has 2 aromatic rings. The first kappa shape index (κ1) is 22.1. The molecule has 2 aromatic heterocycles. The van der Waals surface area contributed by atoms with E-state index in [9.17, 15) is 4.79 Å². The molecule has 0 aliphatic carbocycles. The maximum absolute atomic E-state index is 11.8. The topological polar surface area (TPSA) is 95.7 Å². The normalized spacial score (nSPS) is 11.8. The van der Waals surface area contributed by atoms with Crippen LogP contribution in [0.25, 0.3) is 5.65 Å². The van der Waals surface area contributed by atoms with Crippen molar-refractivity contribution in [2.45, 2.75) is 39.2 Å². The van der Waals surface area contributed by atoms with E-state index in [2.05, 4.69) is 31.1 Å². The minimum Gasteiger partial charge on any atom is -0.356 e. The van der Waals surface area contributed by atoms with Gasteiger partial charge >= 0.3 is 0 Å². The van der Waals surface area contributed by atoms with Crippen LogP contribution in [0.5, 0.6) is 0 Å². The molecule has 0 aliphatic rings. The van der Waals surface area contributed by atoms with Gasteiger partial charge in [-0.15, -0.1) is 34.2 Å². The van der Waals surface area contributed by atoms with Crippen molar-refractivity contribution < 1.29 is 4.79 Å². The molecule has 8 nitrogen and oxygen atoms in total. The number of hydrogen-bond acceptors (Lipinski definition) is 4. The fourth-order valence-corrected chi connectivity index (χ4v) is 2.36. The van der Waals surface area contributed by atoms with Gasteiger partial charge in [0, 0.05) is 31.7 Å². The summed E-state index contributed by atoms with van der Waals surface area (Å²) in [5.74, 6) is 1.48. The van der Waals surface area contributed by atoms with Crippen molar-refractivity contribution in [2.75, 3.05) is 20.1 Å². The van der Waals surface area contributed by atoms with E-state index in [1.165, 1.54) is 0 Å². The zero-order valence-electron chi connectivity index (χ0n) is 15.7. The summed E-state index contributed by atoms with van der Waals surface area (Å²) in [6.45, 7) is 6.76. The van der Waals surface area contributed by atoms with Gasteiger partial charge in [0.2, 0.25) is 5.91 Å². The largest absolute Gasteiger partial charge is 0.356 e. The Kier molecular flexibility index (Phi) is 8.76. The highest BCUT2D eigenvalue weighted by Crippen LogP contribution is 2.04. The van der Waals surface area contributed by atoms with Crippen molar-refractivity contribution in [3.8, 4) is 0 Å². The summed E-state index contributed by atoms with van der Waals surface area (Å²) in [6, 6.07) is 5.84. The number of halogens is 1. The SMILES string of the molecule is CN=C(NCCCc1nnc2ccccn12)NCC(=O)NC(C)(C)C.I. The molecule has 0 bridgehead atoms. The Bertz CT molecular complexity index is 736. The number of aryl methyl sites for hydroxylation is 1. The zero-order valence-corrected chi connectivity index (χ0v) is 18.1. The fraction of sp³-hybridized carbons (Fsp3) is 0.529. The number of carbonyl (C=O) groups excluding carboxylic acids is 1. The van der Waals surface area contributed by atoms with Gasteiger partial charge in [0.15, 0.2) is 11.6 Å². The number of pyridine rings is 1. The maximum Gasteiger partial charge on any atom is 0.239 e. The summed E-state index contributed by atoms with van der Waals surface area (Å²) in [4.78, 5) is 15.9. The van der Waals surface area contributed by atoms with E-state index < -0.39 is 0 Å². The first-order chi connectivity index (χ1) is 11.9. The first-order valence-corrected chi connectivity index (χ1v) is 8.43. The second-order valence-corrected chi connectivity index (χ2v) is 6.80. The second kappa shape index (κ2) is 10.3. The zero-order chi connectivity index (χ0) is 18.3. The third-order valence-electron chi connectivity index (χ3n) is 3.41. The van der Waals surface area contributed by atoms with E-state index in [4.69, 9.17) is 0 Å². The lowest BCUT2D eigenvalue weighted by Gasteiger charge is -2.21. The van der Waals surface area contributed by atoms with Crippen molar-refractivity contribution in [3.05, 3.63) is 30.2 Å². The van der Waals surface area contributed by atoms with Crippen LogP contribution in [0.4, 0.5) is 0 Å². The van der Waals surface area contributed by atoms with Gasteiger partial charge in [0.1, 0.15) is 5.82 Å². The van der Waals surface area contributed by atoms with E-state index >= 15 is 0 Å². The van der Waals surface area contributed by atoms with Crippen LogP contribution < -0.4 is 16.0 Å². The Morgan fingerprint density at radius 3 is 2.69 bits per heavy atom. The summed E-state index contributed by atoms with van der Waals surface area (Å²) in [5.41, 5.74) is 0.615. The monoisotopic (exact) mass is 473 g/mol. The summed E-state index contributed by atoms with van der Waals surface area (Å²) in [7, 11) is 1.68. The van der Waals surface area contributed by atoms with Gasteiger partial charge in [-0.1, -0.05) is 6.07 Å². The molecule has 26 heavy (non-hydrogen) atoms. The average Bonchev–Trinajstić information content (AvgIpc) is 2.96. The molecular formula is C17H28IN7O. The third-order valence-corrected chi connectivity index (χ3v) is 3.41. The number of hydrogen-bond donors (Lipinski definition) is 3. The van der Waals surface area contributed by atoms with Gasteiger partial charge in [-0.3, -0.25) is 14.2 Å². The molecule has 0 radical (unpaired) electrons. The number of rotatable bonds is 6. The average molecular weight is 473 g/mol. The molecule has 0 saturated carbocycles. The van der Waals surface area contributed by atoms with Crippen LogP contribution in [0.1, 0.15) is 33.0 Å². The van der Waals surface area contributed by atoms with Crippen molar-refractivity contribution in [2.24, 2.45) is 4.99 Å². The minimum atomic E-state index is -0.239. The molecule has 0 fully saturated rings. The van der Waals surface area contributed by atoms with Crippen molar-refractivity contribution in [1.82, 2.24) is 30.5 Å². The van der Waals surface area contributed by atoms with Crippen LogP contribution in [0.15, 0.2) is 29.4 Å². The van der Waals surface area contributed by atoms with Crippen LogP contribution in [0.3, 0.4) is 0 Å². The smallest absolute Gasteiger partial charge is 0.239 e. The number of guanidine groups is 1. The van der Waals surface area contributed by atoms with Crippen LogP contribution in [0.2, 0.25) is 0 Å². The number of amides is 1. The molecule has 2 rings (SSSR count). The second-order valence-electron chi connectivity index (χ2n) is 6.80. The predicted octanol–water partition coefficient (Wildman–Crippen LogP) is 1.36. The molecule has 0 aliphatic heterocycles. The Balaban J connectivity index is 0.00000338.